The maximum atomic E-state index is 12.0. The Bertz CT molecular complexity index is 839. The van der Waals surface area contributed by atoms with Crippen LogP contribution in [0.5, 0.6) is 0 Å². The van der Waals surface area contributed by atoms with Crippen molar-refractivity contribution >= 4 is 17.2 Å². The van der Waals surface area contributed by atoms with Crippen LogP contribution in [0.25, 0.3) is 5.65 Å². The fourth-order valence-corrected chi connectivity index (χ4v) is 2.67. The summed E-state index contributed by atoms with van der Waals surface area (Å²) in [6, 6.07) is 11.2. The van der Waals surface area contributed by atoms with E-state index in [0.717, 1.165) is 29.4 Å². The topological polar surface area (TPSA) is 53.4 Å². The van der Waals surface area contributed by atoms with Gasteiger partial charge in [-0.15, -0.1) is 0 Å². The second-order valence-electron chi connectivity index (χ2n) is 5.17. The first-order valence-electron chi connectivity index (χ1n) is 7.18. The molecule has 6 heteroatoms. The summed E-state index contributed by atoms with van der Waals surface area (Å²) < 4.78 is 1.43. The van der Waals surface area contributed by atoms with Crippen LogP contribution in [-0.2, 0) is 13.1 Å². The summed E-state index contributed by atoms with van der Waals surface area (Å²) in [6.07, 6.45) is 1.71. The van der Waals surface area contributed by atoms with E-state index in [-0.39, 0.29) is 5.56 Å². The third-order valence-electron chi connectivity index (χ3n) is 3.56. The summed E-state index contributed by atoms with van der Waals surface area (Å²) in [6.45, 7) is 4.35. The molecular formula is C16H17ClN4O. The van der Waals surface area contributed by atoms with Crippen LogP contribution in [0, 0.1) is 0 Å². The molecule has 1 aromatic carbocycles. The van der Waals surface area contributed by atoms with Crippen molar-refractivity contribution in [2.45, 2.75) is 20.0 Å². The summed E-state index contributed by atoms with van der Waals surface area (Å²) in [7, 11) is 0. The lowest BCUT2D eigenvalue weighted by atomic mass is 10.2. The molecule has 114 valence electrons. The minimum absolute atomic E-state index is 0.0937. The van der Waals surface area contributed by atoms with Crippen molar-refractivity contribution in [2.24, 2.45) is 0 Å². The molecule has 0 aliphatic heterocycles. The van der Waals surface area contributed by atoms with E-state index in [1.54, 1.807) is 18.3 Å². The zero-order valence-corrected chi connectivity index (χ0v) is 13.0. The first-order chi connectivity index (χ1) is 10.7. The first kappa shape index (κ1) is 14.8. The highest BCUT2D eigenvalue weighted by Gasteiger charge is 2.09. The van der Waals surface area contributed by atoms with Crippen molar-refractivity contribution in [1.82, 2.24) is 19.5 Å². The van der Waals surface area contributed by atoms with E-state index in [1.807, 2.05) is 24.3 Å². The van der Waals surface area contributed by atoms with Gasteiger partial charge in [-0.2, -0.15) is 0 Å². The lowest BCUT2D eigenvalue weighted by Crippen LogP contribution is -2.25. The minimum Gasteiger partial charge on any atom is -0.297 e. The van der Waals surface area contributed by atoms with Crippen molar-refractivity contribution in [1.29, 1.82) is 0 Å². The maximum Gasteiger partial charge on any atom is 0.272 e. The van der Waals surface area contributed by atoms with E-state index < -0.39 is 0 Å². The summed E-state index contributed by atoms with van der Waals surface area (Å²) in [5.74, 6) is 0. The number of hydrogen-bond donors (Lipinski definition) is 1. The standard InChI is InChI=1S/C16H17ClN4O/c1-2-20(10-12-4-3-5-13(17)8-12)11-14-9-16(22)21-15(19-14)6-7-18-21/h3-9,18H,2,10-11H2,1H3. The number of halogens is 1. The Kier molecular flexibility index (Phi) is 4.27. The number of aromatic nitrogens is 3. The van der Waals surface area contributed by atoms with Crippen molar-refractivity contribution in [3.8, 4) is 0 Å². The monoisotopic (exact) mass is 316 g/mol. The summed E-state index contributed by atoms with van der Waals surface area (Å²) >= 11 is 6.03. The highest BCUT2D eigenvalue weighted by molar-refractivity contribution is 6.30. The van der Waals surface area contributed by atoms with Gasteiger partial charge in [-0.3, -0.25) is 14.8 Å². The number of H-pyrrole nitrogens is 1. The number of fused-ring (bicyclic) bond motifs is 1. The molecule has 3 rings (SSSR count). The van der Waals surface area contributed by atoms with Gasteiger partial charge in [0.15, 0.2) is 5.65 Å². The predicted octanol–water partition coefficient (Wildman–Crippen LogP) is 2.70. The van der Waals surface area contributed by atoms with E-state index in [9.17, 15) is 4.79 Å². The second kappa shape index (κ2) is 6.34. The number of nitrogens with zero attached hydrogens (tertiary/aromatic N) is 3. The van der Waals surface area contributed by atoms with Crippen LogP contribution < -0.4 is 5.56 Å². The van der Waals surface area contributed by atoms with Gasteiger partial charge in [0.1, 0.15) is 0 Å². The predicted molar refractivity (Wildman–Crippen MR) is 87.1 cm³/mol. The summed E-state index contributed by atoms with van der Waals surface area (Å²) in [4.78, 5) is 18.7. The molecule has 0 aliphatic carbocycles. The minimum atomic E-state index is -0.0937. The fraction of sp³-hybridized carbons (Fsp3) is 0.250. The SMILES string of the molecule is CCN(Cc1cccc(Cl)c1)Cc1cc(=O)n2[nH]ccc2n1. The number of rotatable bonds is 5. The highest BCUT2D eigenvalue weighted by Crippen LogP contribution is 2.13. The number of nitrogens with one attached hydrogen (secondary N) is 1. The molecule has 0 atom stereocenters. The lowest BCUT2D eigenvalue weighted by Gasteiger charge is -2.20. The van der Waals surface area contributed by atoms with Crippen molar-refractivity contribution in [3.63, 3.8) is 0 Å². The molecule has 0 spiro atoms. The van der Waals surface area contributed by atoms with Gasteiger partial charge in [-0.1, -0.05) is 30.7 Å². The molecule has 0 unspecified atom stereocenters. The van der Waals surface area contributed by atoms with Gasteiger partial charge in [0, 0.05) is 36.4 Å². The zero-order chi connectivity index (χ0) is 15.5. The third-order valence-corrected chi connectivity index (χ3v) is 3.80. The molecule has 0 radical (unpaired) electrons. The molecule has 0 fully saturated rings. The molecule has 0 saturated heterocycles. The molecule has 2 aromatic heterocycles. The van der Waals surface area contributed by atoms with Gasteiger partial charge in [0.2, 0.25) is 0 Å². The van der Waals surface area contributed by atoms with Crippen molar-refractivity contribution in [3.05, 3.63) is 69.2 Å². The normalized spacial score (nSPS) is 11.4. The van der Waals surface area contributed by atoms with Crippen LogP contribution in [0.15, 0.2) is 47.4 Å². The van der Waals surface area contributed by atoms with Crippen molar-refractivity contribution < 1.29 is 0 Å². The molecule has 0 amide bonds. The van der Waals surface area contributed by atoms with Crippen molar-refractivity contribution in [2.75, 3.05) is 6.54 Å². The van der Waals surface area contributed by atoms with E-state index in [2.05, 4.69) is 21.9 Å². The smallest absolute Gasteiger partial charge is 0.272 e. The Morgan fingerprint density at radius 3 is 2.91 bits per heavy atom. The van der Waals surface area contributed by atoms with E-state index in [4.69, 9.17) is 11.6 Å². The van der Waals surface area contributed by atoms with Gasteiger partial charge in [0.05, 0.1) is 5.69 Å². The number of benzene rings is 1. The molecular weight excluding hydrogens is 300 g/mol. The lowest BCUT2D eigenvalue weighted by molar-refractivity contribution is 0.268. The van der Waals surface area contributed by atoms with Crippen LogP contribution in [0.2, 0.25) is 5.02 Å². The number of hydrogen-bond acceptors (Lipinski definition) is 3. The molecule has 0 saturated carbocycles. The van der Waals surface area contributed by atoms with Crippen LogP contribution in [0.4, 0.5) is 0 Å². The average Bonchev–Trinajstić information content (AvgIpc) is 2.95. The van der Waals surface area contributed by atoms with E-state index in [1.165, 1.54) is 4.52 Å². The zero-order valence-electron chi connectivity index (χ0n) is 12.3. The van der Waals surface area contributed by atoms with Crippen LogP contribution >= 0.6 is 11.6 Å². The Labute approximate surface area is 133 Å². The van der Waals surface area contributed by atoms with Crippen LogP contribution in [0.3, 0.4) is 0 Å². The van der Waals surface area contributed by atoms with Gasteiger partial charge >= 0.3 is 0 Å². The van der Waals surface area contributed by atoms with Crippen LogP contribution in [-0.4, -0.2) is 26.0 Å². The fourth-order valence-electron chi connectivity index (χ4n) is 2.46. The largest absolute Gasteiger partial charge is 0.297 e. The van der Waals surface area contributed by atoms with Gasteiger partial charge in [-0.25, -0.2) is 9.50 Å². The molecule has 3 aromatic rings. The van der Waals surface area contributed by atoms with Gasteiger partial charge in [0.25, 0.3) is 5.56 Å². The Hall–Kier alpha value is -2.11. The second-order valence-corrected chi connectivity index (χ2v) is 5.61. The van der Waals surface area contributed by atoms with Crippen LogP contribution in [0.1, 0.15) is 18.2 Å². The molecule has 0 bridgehead atoms. The Balaban J connectivity index is 1.80. The molecule has 0 aliphatic rings. The Morgan fingerprint density at radius 1 is 1.27 bits per heavy atom. The summed E-state index contributed by atoms with van der Waals surface area (Å²) in [5, 5.41) is 3.58. The first-order valence-corrected chi connectivity index (χ1v) is 7.56. The van der Waals surface area contributed by atoms with Gasteiger partial charge in [-0.05, 0) is 24.2 Å². The molecule has 22 heavy (non-hydrogen) atoms. The average molecular weight is 317 g/mol. The molecule has 1 N–H and O–H groups in total. The summed E-state index contributed by atoms with van der Waals surface area (Å²) in [5.41, 5.74) is 2.47. The third kappa shape index (κ3) is 3.21. The van der Waals surface area contributed by atoms with E-state index in [0.29, 0.717) is 12.2 Å². The maximum absolute atomic E-state index is 12.0. The molecule has 5 nitrogen and oxygen atoms in total. The highest BCUT2D eigenvalue weighted by atomic mass is 35.5. The Morgan fingerprint density at radius 2 is 2.14 bits per heavy atom. The quantitative estimate of drug-likeness (QED) is 0.787. The number of aromatic amines is 1. The van der Waals surface area contributed by atoms with E-state index >= 15 is 0 Å². The molecule has 2 heterocycles. The van der Waals surface area contributed by atoms with Gasteiger partial charge < -0.3 is 0 Å².